The van der Waals surface area contributed by atoms with Crippen molar-refractivity contribution in [2.45, 2.75) is 37.8 Å². The van der Waals surface area contributed by atoms with E-state index in [4.69, 9.17) is 5.73 Å². The third kappa shape index (κ3) is 4.38. The van der Waals surface area contributed by atoms with Gasteiger partial charge in [0.15, 0.2) is 0 Å². The maximum Gasteiger partial charge on any atom is 0.265 e. The second kappa shape index (κ2) is 8.42. The number of halogens is 2. The van der Waals surface area contributed by atoms with Crippen LogP contribution in [0.2, 0.25) is 0 Å². The topological polar surface area (TPSA) is 80.0 Å². The molecule has 1 amide bonds. The van der Waals surface area contributed by atoms with Crippen molar-refractivity contribution in [3.8, 4) is 0 Å². The van der Waals surface area contributed by atoms with E-state index in [2.05, 4.69) is 15.6 Å². The number of rotatable bonds is 6. The zero-order chi connectivity index (χ0) is 21.2. The van der Waals surface area contributed by atoms with Crippen molar-refractivity contribution in [3.05, 3.63) is 47.5 Å². The number of carbonyl (C=O) groups excluding carboxylic acids is 1. The lowest BCUT2D eigenvalue weighted by Gasteiger charge is -2.43. The van der Waals surface area contributed by atoms with Gasteiger partial charge in [0.05, 0.1) is 25.7 Å². The lowest BCUT2D eigenvalue weighted by atomic mass is 9.88. The van der Waals surface area contributed by atoms with Crippen LogP contribution < -0.4 is 20.9 Å². The Morgan fingerprint density at radius 2 is 1.93 bits per heavy atom. The van der Waals surface area contributed by atoms with Crippen LogP contribution in [0.25, 0.3) is 0 Å². The SMILES string of the molecule is CNC1CCCCC1[N+](C)(C)c1nc(Nc2cccc(F)c2)c(C(N)=O)cc1F. The van der Waals surface area contributed by atoms with Crippen molar-refractivity contribution in [1.29, 1.82) is 0 Å². The van der Waals surface area contributed by atoms with Crippen molar-refractivity contribution in [1.82, 2.24) is 14.8 Å². The molecule has 8 heteroatoms. The second-order valence-corrected chi connectivity index (χ2v) is 7.98. The number of quaternary nitrogens is 1. The fourth-order valence-corrected chi connectivity index (χ4v) is 4.25. The van der Waals surface area contributed by atoms with Gasteiger partial charge in [0.2, 0.25) is 5.82 Å². The Labute approximate surface area is 169 Å². The predicted octanol–water partition coefficient (Wildman–Crippen LogP) is 3.30. The fraction of sp³-hybridized carbons (Fsp3) is 0.429. The molecule has 1 aliphatic carbocycles. The minimum atomic E-state index is -0.807. The monoisotopic (exact) mass is 404 g/mol. The summed E-state index contributed by atoms with van der Waals surface area (Å²) >= 11 is 0. The lowest BCUT2D eigenvalue weighted by Crippen LogP contribution is -2.60. The van der Waals surface area contributed by atoms with Crippen molar-refractivity contribution < 1.29 is 13.6 Å². The molecule has 1 aliphatic rings. The Kier molecular flexibility index (Phi) is 6.14. The minimum Gasteiger partial charge on any atom is -0.365 e. The van der Waals surface area contributed by atoms with E-state index in [0.29, 0.717) is 5.69 Å². The van der Waals surface area contributed by atoms with Crippen molar-refractivity contribution in [2.24, 2.45) is 5.73 Å². The second-order valence-electron chi connectivity index (χ2n) is 7.98. The summed E-state index contributed by atoms with van der Waals surface area (Å²) in [5.41, 5.74) is 5.76. The first-order valence-electron chi connectivity index (χ1n) is 9.78. The zero-order valence-corrected chi connectivity index (χ0v) is 17.0. The van der Waals surface area contributed by atoms with Gasteiger partial charge in [0.25, 0.3) is 11.7 Å². The van der Waals surface area contributed by atoms with Gasteiger partial charge in [-0.15, -0.1) is 0 Å². The molecule has 29 heavy (non-hydrogen) atoms. The number of primary amides is 1. The number of likely N-dealkylation sites (N-methyl/N-ethyl adjacent to an activating group) is 2. The van der Waals surface area contributed by atoms with Gasteiger partial charge in [-0.1, -0.05) is 12.5 Å². The number of hydrogen-bond donors (Lipinski definition) is 3. The van der Waals surface area contributed by atoms with Gasteiger partial charge in [-0.3, -0.25) is 9.28 Å². The maximum absolute atomic E-state index is 15.1. The van der Waals surface area contributed by atoms with Crippen LogP contribution in [0, 0.1) is 11.6 Å². The number of anilines is 2. The van der Waals surface area contributed by atoms with E-state index >= 15 is 4.39 Å². The van der Waals surface area contributed by atoms with Crippen LogP contribution in [0.5, 0.6) is 0 Å². The van der Waals surface area contributed by atoms with Gasteiger partial charge in [0.1, 0.15) is 17.7 Å². The van der Waals surface area contributed by atoms with Gasteiger partial charge in [-0.2, -0.15) is 9.37 Å². The smallest absolute Gasteiger partial charge is 0.265 e. The fourth-order valence-electron chi connectivity index (χ4n) is 4.25. The highest BCUT2D eigenvalue weighted by Crippen LogP contribution is 2.34. The van der Waals surface area contributed by atoms with Gasteiger partial charge in [-0.25, -0.2) is 4.39 Å². The third-order valence-electron chi connectivity index (χ3n) is 5.79. The van der Waals surface area contributed by atoms with Crippen LogP contribution in [-0.2, 0) is 0 Å². The van der Waals surface area contributed by atoms with E-state index in [1.165, 1.54) is 18.2 Å². The lowest BCUT2D eigenvalue weighted by molar-refractivity contribution is 0.1000. The van der Waals surface area contributed by atoms with Gasteiger partial charge in [-0.05, 0) is 44.2 Å². The summed E-state index contributed by atoms with van der Waals surface area (Å²) in [7, 11) is 5.75. The van der Waals surface area contributed by atoms with E-state index in [9.17, 15) is 9.18 Å². The predicted molar refractivity (Wildman–Crippen MR) is 111 cm³/mol. The molecule has 2 aromatic rings. The highest BCUT2D eigenvalue weighted by atomic mass is 19.1. The molecule has 0 saturated heterocycles. The molecule has 1 aromatic carbocycles. The summed E-state index contributed by atoms with van der Waals surface area (Å²) < 4.78 is 28.9. The molecule has 2 atom stereocenters. The Morgan fingerprint density at radius 3 is 2.59 bits per heavy atom. The van der Waals surface area contributed by atoms with Crippen molar-refractivity contribution >= 4 is 23.2 Å². The summed E-state index contributed by atoms with van der Waals surface area (Å²) in [5.74, 6) is -1.51. The first-order chi connectivity index (χ1) is 13.7. The summed E-state index contributed by atoms with van der Waals surface area (Å²) in [4.78, 5) is 16.3. The normalized spacial score (nSPS) is 19.8. The Hall–Kier alpha value is -2.58. The van der Waals surface area contributed by atoms with Crippen molar-refractivity contribution in [2.75, 3.05) is 26.5 Å². The molecule has 156 valence electrons. The molecule has 2 unspecified atom stereocenters. The number of pyridine rings is 1. The van der Waals surface area contributed by atoms with E-state index in [1.54, 1.807) is 6.07 Å². The van der Waals surface area contributed by atoms with Crippen LogP contribution in [0.4, 0.5) is 26.1 Å². The summed E-state index contributed by atoms with van der Waals surface area (Å²) in [5, 5.41) is 6.26. The molecule has 0 bridgehead atoms. The molecular weight excluding hydrogens is 376 g/mol. The Bertz CT molecular complexity index is 903. The average Bonchev–Trinajstić information content (AvgIpc) is 2.68. The largest absolute Gasteiger partial charge is 0.365 e. The Morgan fingerprint density at radius 1 is 1.21 bits per heavy atom. The number of carbonyl (C=O) groups is 1. The number of benzene rings is 1. The molecule has 6 nitrogen and oxygen atoms in total. The summed E-state index contributed by atoms with van der Waals surface area (Å²) in [6, 6.07) is 7.22. The van der Waals surface area contributed by atoms with E-state index in [-0.39, 0.29) is 33.8 Å². The van der Waals surface area contributed by atoms with Crippen molar-refractivity contribution in [3.63, 3.8) is 0 Å². The number of nitrogens with one attached hydrogen (secondary N) is 2. The number of amides is 1. The molecule has 1 fully saturated rings. The Balaban J connectivity index is 2.05. The van der Waals surface area contributed by atoms with Gasteiger partial charge in [0, 0.05) is 12.1 Å². The van der Waals surface area contributed by atoms with E-state index < -0.39 is 17.5 Å². The highest BCUT2D eigenvalue weighted by Gasteiger charge is 2.41. The maximum atomic E-state index is 15.1. The van der Waals surface area contributed by atoms with Crippen LogP contribution in [0.15, 0.2) is 30.3 Å². The highest BCUT2D eigenvalue weighted by molar-refractivity contribution is 5.98. The number of nitrogens with two attached hydrogens (primary N) is 1. The average molecular weight is 404 g/mol. The van der Waals surface area contributed by atoms with Crippen LogP contribution in [-0.4, -0.2) is 44.1 Å². The number of hydrogen-bond acceptors (Lipinski definition) is 4. The molecular formula is C21H28F2N5O+. The first kappa shape index (κ1) is 21.1. The number of aromatic nitrogens is 1. The molecule has 1 heterocycles. The number of nitrogens with zero attached hydrogens (tertiary/aromatic N) is 2. The summed E-state index contributed by atoms with van der Waals surface area (Å²) in [6.45, 7) is 0. The van der Waals surface area contributed by atoms with Crippen LogP contribution >= 0.6 is 0 Å². The van der Waals surface area contributed by atoms with Crippen LogP contribution in [0.3, 0.4) is 0 Å². The standard InChI is InChI=1S/C21H27F2N5O/c1-25-17-9-4-5-10-18(17)28(2,3)21-16(23)12-15(19(24)29)20(27-21)26-14-8-6-7-13(22)11-14/h6-8,11-12,17-18,25H,4-5,9-10H2,1-3H3,(H2-,24,26,27,29)/p+1. The summed E-state index contributed by atoms with van der Waals surface area (Å²) in [6.07, 6.45) is 4.15. The van der Waals surface area contributed by atoms with E-state index in [1.807, 2.05) is 21.1 Å². The van der Waals surface area contributed by atoms with Gasteiger partial charge < -0.3 is 16.4 Å². The molecule has 1 saturated carbocycles. The molecule has 0 radical (unpaired) electrons. The van der Waals surface area contributed by atoms with Gasteiger partial charge >= 0.3 is 0 Å². The quantitative estimate of drug-likeness (QED) is 0.646. The molecule has 4 N–H and O–H groups in total. The molecule has 3 rings (SSSR count). The van der Waals surface area contributed by atoms with Crippen LogP contribution in [0.1, 0.15) is 36.0 Å². The molecule has 0 aliphatic heterocycles. The minimum absolute atomic E-state index is 0.0793. The molecule has 1 aromatic heterocycles. The van der Waals surface area contributed by atoms with E-state index in [0.717, 1.165) is 31.7 Å². The third-order valence-corrected chi connectivity index (χ3v) is 5.79. The molecule has 0 spiro atoms. The first-order valence-corrected chi connectivity index (χ1v) is 9.78. The zero-order valence-electron chi connectivity index (χ0n) is 17.0.